The minimum atomic E-state index is -0.942. The van der Waals surface area contributed by atoms with Gasteiger partial charge in [-0.05, 0) is 19.4 Å². The molecular weight excluding hydrogens is 237 g/mol. The van der Waals surface area contributed by atoms with Crippen molar-refractivity contribution in [3.05, 3.63) is 29.6 Å². The van der Waals surface area contributed by atoms with Gasteiger partial charge in [-0.2, -0.15) is 0 Å². The average Bonchev–Trinajstić information content (AvgIpc) is 2.27. The van der Waals surface area contributed by atoms with Crippen molar-refractivity contribution in [1.29, 1.82) is 0 Å². The molecule has 5 heteroatoms. The van der Waals surface area contributed by atoms with Crippen molar-refractivity contribution in [1.82, 2.24) is 5.32 Å². The van der Waals surface area contributed by atoms with E-state index in [4.69, 9.17) is 10.2 Å². The molecule has 2 unspecified atom stereocenters. The highest BCUT2D eigenvalue weighted by molar-refractivity contribution is 5.73. The summed E-state index contributed by atoms with van der Waals surface area (Å²) in [4.78, 5) is 11.0. The Labute approximate surface area is 105 Å². The summed E-state index contributed by atoms with van der Waals surface area (Å²) in [5.74, 6) is -1.63. The summed E-state index contributed by atoms with van der Waals surface area (Å²) < 4.78 is 13.6. The molecule has 0 aliphatic heterocycles. The molecule has 0 amide bonds. The SMILES string of the molecule is CCCC(NC(C)c1ccc(O)cc1F)C(=O)O. The molecule has 4 nitrogen and oxygen atoms in total. The predicted octanol–water partition coefficient (Wildman–Crippen LogP) is 2.44. The minimum Gasteiger partial charge on any atom is -0.508 e. The minimum absolute atomic E-state index is 0.146. The van der Waals surface area contributed by atoms with E-state index in [1.54, 1.807) is 6.92 Å². The highest BCUT2D eigenvalue weighted by Gasteiger charge is 2.20. The Kier molecular flexibility index (Phi) is 5.09. The van der Waals surface area contributed by atoms with E-state index >= 15 is 0 Å². The summed E-state index contributed by atoms with van der Waals surface area (Å²) in [5.41, 5.74) is 0.343. The molecule has 0 aliphatic carbocycles. The molecule has 18 heavy (non-hydrogen) atoms. The highest BCUT2D eigenvalue weighted by atomic mass is 19.1. The van der Waals surface area contributed by atoms with E-state index in [0.717, 1.165) is 12.5 Å². The van der Waals surface area contributed by atoms with Crippen molar-refractivity contribution in [2.45, 2.75) is 38.8 Å². The molecule has 100 valence electrons. The van der Waals surface area contributed by atoms with Gasteiger partial charge in [-0.15, -0.1) is 0 Å². The summed E-state index contributed by atoms with van der Waals surface area (Å²) in [7, 11) is 0. The van der Waals surface area contributed by atoms with E-state index in [1.807, 2.05) is 6.92 Å². The summed E-state index contributed by atoms with van der Waals surface area (Å²) >= 11 is 0. The topological polar surface area (TPSA) is 69.6 Å². The molecule has 2 atom stereocenters. The van der Waals surface area contributed by atoms with Gasteiger partial charge in [0.15, 0.2) is 0 Å². The van der Waals surface area contributed by atoms with Crippen LogP contribution in [0.2, 0.25) is 0 Å². The Balaban J connectivity index is 2.80. The Morgan fingerprint density at radius 1 is 1.50 bits per heavy atom. The van der Waals surface area contributed by atoms with Crippen molar-refractivity contribution in [3.63, 3.8) is 0 Å². The number of carbonyl (C=O) groups is 1. The molecule has 0 saturated heterocycles. The van der Waals surface area contributed by atoms with Crippen molar-refractivity contribution < 1.29 is 19.4 Å². The Hall–Kier alpha value is -1.62. The zero-order chi connectivity index (χ0) is 13.7. The normalized spacial score (nSPS) is 14.2. The summed E-state index contributed by atoms with van der Waals surface area (Å²) in [6.07, 6.45) is 1.22. The molecule has 0 aromatic heterocycles. The van der Waals surface area contributed by atoms with Gasteiger partial charge in [0, 0.05) is 17.7 Å². The molecule has 0 saturated carbocycles. The van der Waals surface area contributed by atoms with Gasteiger partial charge in [0.05, 0.1) is 0 Å². The lowest BCUT2D eigenvalue weighted by molar-refractivity contribution is -0.139. The number of phenolic OH excluding ortho intramolecular Hbond substituents is 1. The van der Waals surface area contributed by atoms with E-state index in [-0.39, 0.29) is 5.75 Å². The van der Waals surface area contributed by atoms with Crippen LogP contribution in [0.1, 0.15) is 38.3 Å². The van der Waals surface area contributed by atoms with Crippen molar-refractivity contribution in [3.8, 4) is 5.75 Å². The maximum Gasteiger partial charge on any atom is 0.320 e. The molecule has 1 aromatic carbocycles. The fraction of sp³-hybridized carbons (Fsp3) is 0.462. The fourth-order valence-electron chi connectivity index (χ4n) is 1.83. The zero-order valence-corrected chi connectivity index (χ0v) is 10.5. The van der Waals surface area contributed by atoms with Gasteiger partial charge in [-0.1, -0.05) is 19.4 Å². The maximum absolute atomic E-state index is 13.6. The van der Waals surface area contributed by atoms with E-state index in [2.05, 4.69) is 5.32 Å². The van der Waals surface area contributed by atoms with Crippen LogP contribution in [0.5, 0.6) is 5.75 Å². The first-order valence-corrected chi connectivity index (χ1v) is 5.93. The Bertz CT molecular complexity index is 423. The number of benzene rings is 1. The fourth-order valence-corrected chi connectivity index (χ4v) is 1.83. The van der Waals surface area contributed by atoms with Gasteiger partial charge in [0.25, 0.3) is 0 Å². The highest BCUT2D eigenvalue weighted by Crippen LogP contribution is 2.21. The van der Waals surface area contributed by atoms with Crippen LogP contribution in [-0.4, -0.2) is 22.2 Å². The average molecular weight is 255 g/mol. The first-order chi connectivity index (χ1) is 8.45. The second-order valence-electron chi connectivity index (χ2n) is 4.27. The number of phenols is 1. The molecule has 3 N–H and O–H groups in total. The summed E-state index contributed by atoms with van der Waals surface area (Å²) in [5, 5.41) is 21.0. The van der Waals surface area contributed by atoms with Crippen LogP contribution < -0.4 is 5.32 Å². The van der Waals surface area contributed by atoms with E-state index in [9.17, 15) is 9.18 Å². The monoisotopic (exact) mass is 255 g/mol. The van der Waals surface area contributed by atoms with Crippen LogP contribution in [0.25, 0.3) is 0 Å². The number of hydrogen-bond acceptors (Lipinski definition) is 3. The molecule has 0 spiro atoms. The number of rotatable bonds is 6. The third-order valence-electron chi connectivity index (χ3n) is 2.78. The van der Waals surface area contributed by atoms with Crippen LogP contribution in [-0.2, 0) is 4.79 Å². The number of halogens is 1. The lowest BCUT2D eigenvalue weighted by Gasteiger charge is -2.20. The number of nitrogens with one attached hydrogen (secondary N) is 1. The lowest BCUT2D eigenvalue weighted by Crippen LogP contribution is -2.38. The van der Waals surface area contributed by atoms with Gasteiger partial charge in [-0.3, -0.25) is 10.1 Å². The number of carboxylic acid groups (broad SMARTS) is 1. The lowest BCUT2D eigenvalue weighted by atomic mass is 10.0. The van der Waals surface area contributed by atoms with E-state index in [1.165, 1.54) is 12.1 Å². The van der Waals surface area contributed by atoms with Crippen LogP contribution in [0.15, 0.2) is 18.2 Å². The van der Waals surface area contributed by atoms with Gasteiger partial charge >= 0.3 is 5.97 Å². The molecule has 0 heterocycles. The molecule has 0 aliphatic rings. The number of aromatic hydroxyl groups is 1. The van der Waals surface area contributed by atoms with E-state index in [0.29, 0.717) is 12.0 Å². The van der Waals surface area contributed by atoms with E-state index < -0.39 is 23.9 Å². The van der Waals surface area contributed by atoms with Gasteiger partial charge in [-0.25, -0.2) is 4.39 Å². The quantitative estimate of drug-likeness (QED) is 0.730. The predicted molar refractivity (Wildman–Crippen MR) is 65.9 cm³/mol. The second-order valence-corrected chi connectivity index (χ2v) is 4.27. The third kappa shape index (κ3) is 3.70. The van der Waals surface area contributed by atoms with Crippen molar-refractivity contribution in [2.75, 3.05) is 0 Å². The van der Waals surface area contributed by atoms with Crippen LogP contribution in [0.3, 0.4) is 0 Å². The van der Waals surface area contributed by atoms with Crippen LogP contribution in [0.4, 0.5) is 4.39 Å². The smallest absolute Gasteiger partial charge is 0.320 e. The Morgan fingerprint density at radius 2 is 2.17 bits per heavy atom. The number of carboxylic acids is 1. The largest absolute Gasteiger partial charge is 0.508 e. The maximum atomic E-state index is 13.6. The van der Waals surface area contributed by atoms with Gasteiger partial charge in [0.2, 0.25) is 0 Å². The van der Waals surface area contributed by atoms with Crippen molar-refractivity contribution >= 4 is 5.97 Å². The molecule has 0 bridgehead atoms. The molecule has 0 fully saturated rings. The number of hydrogen-bond donors (Lipinski definition) is 3. The number of aliphatic carboxylic acids is 1. The first-order valence-electron chi connectivity index (χ1n) is 5.93. The van der Waals surface area contributed by atoms with Crippen LogP contribution in [0, 0.1) is 5.82 Å². The summed E-state index contributed by atoms with van der Waals surface area (Å²) in [6.45, 7) is 3.59. The van der Waals surface area contributed by atoms with Gasteiger partial charge < -0.3 is 10.2 Å². The standard InChI is InChI=1S/C13H18FNO3/c1-3-4-12(13(17)18)15-8(2)10-6-5-9(16)7-11(10)14/h5-8,12,15-16H,3-4H2,1-2H3,(H,17,18). The molecule has 0 radical (unpaired) electrons. The first kappa shape index (κ1) is 14.4. The van der Waals surface area contributed by atoms with Crippen molar-refractivity contribution in [2.24, 2.45) is 0 Å². The third-order valence-corrected chi connectivity index (χ3v) is 2.78. The molecule has 1 rings (SSSR count). The zero-order valence-electron chi connectivity index (χ0n) is 10.5. The molecular formula is C13H18FNO3. The van der Waals surface area contributed by atoms with Gasteiger partial charge in [0.1, 0.15) is 17.6 Å². The Morgan fingerprint density at radius 3 is 2.67 bits per heavy atom. The molecule has 1 aromatic rings. The second kappa shape index (κ2) is 6.35. The van der Waals surface area contributed by atoms with Crippen LogP contribution >= 0.6 is 0 Å². The summed E-state index contributed by atoms with van der Waals surface area (Å²) in [6, 6.07) is 2.72.